The molecule has 0 radical (unpaired) electrons. The van der Waals surface area contributed by atoms with E-state index < -0.39 is 0 Å². The minimum absolute atomic E-state index is 0.0439. The highest BCUT2D eigenvalue weighted by Gasteiger charge is 2.29. The Labute approximate surface area is 112 Å². The summed E-state index contributed by atoms with van der Waals surface area (Å²) in [6, 6.07) is 1.42. The zero-order chi connectivity index (χ0) is 13.7. The lowest BCUT2D eigenvalue weighted by Gasteiger charge is -2.34. The maximum atomic E-state index is 11.9. The third kappa shape index (κ3) is 3.11. The molecule has 2 heterocycles. The average Bonchev–Trinajstić information content (AvgIpc) is 2.47. The van der Waals surface area contributed by atoms with Crippen molar-refractivity contribution < 1.29 is 9.53 Å². The van der Waals surface area contributed by atoms with E-state index in [2.05, 4.69) is 20.6 Å². The Hall–Kier alpha value is -1.89. The first-order valence-electron chi connectivity index (χ1n) is 6.41. The molecule has 19 heavy (non-hydrogen) atoms. The number of nitrogens with one attached hydrogen (secondary N) is 2. The van der Waals surface area contributed by atoms with Crippen molar-refractivity contribution in [3.63, 3.8) is 0 Å². The number of likely N-dealkylation sites (N-methyl/N-ethyl adjacent to an activating group) is 1. The standard InChI is InChI=1S/C12H19N5O2/c1-3-19-10-4-5-15-12(16-10)17-7-6-14-8-9(17)11(18)13-2/h4-5,9,14H,3,6-8H2,1-2H3,(H,13,18). The van der Waals surface area contributed by atoms with Crippen LogP contribution in [0.4, 0.5) is 5.95 Å². The van der Waals surface area contributed by atoms with E-state index >= 15 is 0 Å². The summed E-state index contributed by atoms with van der Waals surface area (Å²) in [6.07, 6.45) is 1.65. The molecule has 0 spiro atoms. The van der Waals surface area contributed by atoms with Gasteiger partial charge in [-0.3, -0.25) is 4.79 Å². The topological polar surface area (TPSA) is 79.4 Å². The Morgan fingerprint density at radius 2 is 2.53 bits per heavy atom. The van der Waals surface area contributed by atoms with Crippen LogP contribution in [-0.2, 0) is 4.79 Å². The number of ether oxygens (including phenoxy) is 1. The van der Waals surface area contributed by atoms with Gasteiger partial charge in [-0.15, -0.1) is 0 Å². The van der Waals surface area contributed by atoms with Gasteiger partial charge in [-0.2, -0.15) is 4.98 Å². The molecule has 1 aromatic rings. The van der Waals surface area contributed by atoms with E-state index in [4.69, 9.17) is 4.74 Å². The first-order valence-corrected chi connectivity index (χ1v) is 6.41. The van der Waals surface area contributed by atoms with E-state index in [0.29, 0.717) is 31.5 Å². The molecule has 1 aromatic heterocycles. The van der Waals surface area contributed by atoms with Gasteiger partial charge in [0.2, 0.25) is 17.7 Å². The summed E-state index contributed by atoms with van der Waals surface area (Å²) in [5.74, 6) is 1.01. The van der Waals surface area contributed by atoms with Gasteiger partial charge in [0.1, 0.15) is 6.04 Å². The van der Waals surface area contributed by atoms with Crippen LogP contribution < -0.4 is 20.3 Å². The van der Waals surface area contributed by atoms with Crippen LogP contribution >= 0.6 is 0 Å². The summed E-state index contributed by atoms with van der Waals surface area (Å²) in [5, 5.41) is 5.87. The number of hydrogen-bond donors (Lipinski definition) is 2. The molecule has 2 rings (SSSR count). The molecule has 0 bridgehead atoms. The van der Waals surface area contributed by atoms with Gasteiger partial charge >= 0.3 is 0 Å². The molecule has 1 fully saturated rings. The van der Waals surface area contributed by atoms with Crippen LogP contribution in [0.2, 0.25) is 0 Å². The third-order valence-electron chi connectivity index (χ3n) is 2.96. The molecule has 1 aliphatic heterocycles. The fourth-order valence-electron chi connectivity index (χ4n) is 2.04. The Kier molecular flexibility index (Phi) is 4.51. The predicted molar refractivity (Wildman–Crippen MR) is 71.3 cm³/mol. The number of carbonyl (C=O) groups excluding carboxylic acids is 1. The van der Waals surface area contributed by atoms with E-state index in [9.17, 15) is 4.79 Å². The second-order valence-corrected chi connectivity index (χ2v) is 4.16. The van der Waals surface area contributed by atoms with E-state index in [0.717, 1.165) is 6.54 Å². The SMILES string of the molecule is CCOc1ccnc(N2CCNCC2C(=O)NC)n1. The smallest absolute Gasteiger partial charge is 0.243 e. The summed E-state index contributed by atoms with van der Waals surface area (Å²) < 4.78 is 5.37. The maximum absolute atomic E-state index is 11.9. The lowest BCUT2D eigenvalue weighted by atomic mass is 10.2. The normalized spacial score (nSPS) is 19.1. The van der Waals surface area contributed by atoms with Gasteiger partial charge in [0, 0.05) is 38.9 Å². The first-order chi connectivity index (χ1) is 9.26. The van der Waals surface area contributed by atoms with Crippen molar-refractivity contribution in [1.82, 2.24) is 20.6 Å². The van der Waals surface area contributed by atoms with Crippen molar-refractivity contribution >= 4 is 11.9 Å². The highest BCUT2D eigenvalue weighted by atomic mass is 16.5. The molecule has 1 atom stereocenters. The molecule has 1 unspecified atom stereocenters. The highest BCUT2D eigenvalue weighted by Crippen LogP contribution is 2.16. The molecule has 1 amide bonds. The number of amides is 1. The third-order valence-corrected chi connectivity index (χ3v) is 2.96. The molecule has 0 aromatic carbocycles. The minimum atomic E-state index is -0.296. The van der Waals surface area contributed by atoms with Gasteiger partial charge in [0.25, 0.3) is 0 Å². The van der Waals surface area contributed by atoms with Gasteiger partial charge in [-0.1, -0.05) is 0 Å². The molecular weight excluding hydrogens is 246 g/mol. The van der Waals surface area contributed by atoms with Crippen molar-refractivity contribution in [2.24, 2.45) is 0 Å². The molecule has 7 nitrogen and oxygen atoms in total. The summed E-state index contributed by atoms with van der Waals surface area (Å²) in [6.45, 7) is 4.53. The largest absolute Gasteiger partial charge is 0.478 e. The number of rotatable bonds is 4. The van der Waals surface area contributed by atoms with Crippen molar-refractivity contribution in [2.45, 2.75) is 13.0 Å². The van der Waals surface area contributed by atoms with Crippen LogP contribution in [0, 0.1) is 0 Å². The number of carbonyl (C=O) groups is 1. The average molecular weight is 265 g/mol. The van der Waals surface area contributed by atoms with Crippen LogP contribution in [-0.4, -0.2) is 55.2 Å². The maximum Gasteiger partial charge on any atom is 0.243 e. The zero-order valence-corrected chi connectivity index (χ0v) is 11.2. The van der Waals surface area contributed by atoms with Crippen LogP contribution in [0.1, 0.15) is 6.92 Å². The molecule has 104 valence electrons. The number of aromatic nitrogens is 2. The minimum Gasteiger partial charge on any atom is -0.478 e. The van der Waals surface area contributed by atoms with Crippen LogP contribution in [0.15, 0.2) is 12.3 Å². The first kappa shape index (κ1) is 13.5. The van der Waals surface area contributed by atoms with Crippen LogP contribution in [0.3, 0.4) is 0 Å². The van der Waals surface area contributed by atoms with Gasteiger partial charge < -0.3 is 20.3 Å². The number of anilines is 1. The quantitative estimate of drug-likeness (QED) is 0.757. The second kappa shape index (κ2) is 6.33. The lowest BCUT2D eigenvalue weighted by Crippen LogP contribution is -2.58. The monoisotopic (exact) mass is 265 g/mol. The highest BCUT2D eigenvalue weighted by molar-refractivity contribution is 5.85. The molecule has 1 saturated heterocycles. The van der Waals surface area contributed by atoms with Crippen molar-refractivity contribution in [3.8, 4) is 5.88 Å². The van der Waals surface area contributed by atoms with Gasteiger partial charge in [0.05, 0.1) is 6.61 Å². The Morgan fingerprint density at radius 1 is 1.68 bits per heavy atom. The predicted octanol–water partition coefficient (Wildman–Crippen LogP) is -0.600. The number of hydrogen-bond acceptors (Lipinski definition) is 6. The van der Waals surface area contributed by atoms with Crippen LogP contribution in [0.25, 0.3) is 0 Å². The Bertz CT molecular complexity index is 440. The molecule has 2 N–H and O–H groups in total. The van der Waals surface area contributed by atoms with Gasteiger partial charge in [-0.05, 0) is 6.92 Å². The van der Waals surface area contributed by atoms with Gasteiger partial charge in [0.15, 0.2) is 0 Å². The van der Waals surface area contributed by atoms with Crippen LogP contribution in [0.5, 0.6) is 5.88 Å². The van der Waals surface area contributed by atoms with Crippen molar-refractivity contribution in [1.29, 1.82) is 0 Å². The van der Waals surface area contributed by atoms with E-state index in [-0.39, 0.29) is 11.9 Å². The fraction of sp³-hybridized carbons (Fsp3) is 0.583. The van der Waals surface area contributed by atoms with Crippen molar-refractivity contribution in [3.05, 3.63) is 12.3 Å². The summed E-state index contributed by atoms with van der Waals surface area (Å²) in [7, 11) is 1.63. The summed E-state index contributed by atoms with van der Waals surface area (Å²) in [5.41, 5.74) is 0. The fourth-order valence-corrected chi connectivity index (χ4v) is 2.04. The Balaban J connectivity index is 2.21. The van der Waals surface area contributed by atoms with E-state index in [1.807, 2.05) is 11.8 Å². The van der Waals surface area contributed by atoms with E-state index in [1.54, 1.807) is 19.3 Å². The van der Waals surface area contributed by atoms with E-state index in [1.165, 1.54) is 0 Å². The molecular formula is C12H19N5O2. The molecule has 0 saturated carbocycles. The van der Waals surface area contributed by atoms with Crippen molar-refractivity contribution in [2.75, 3.05) is 38.2 Å². The lowest BCUT2D eigenvalue weighted by molar-refractivity contribution is -0.122. The zero-order valence-electron chi connectivity index (χ0n) is 11.2. The number of piperazine rings is 1. The number of nitrogens with zero attached hydrogens (tertiary/aromatic N) is 3. The molecule has 0 aliphatic carbocycles. The summed E-state index contributed by atoms with van der Waals surface area (Å²) >= 11 is 0. The summed E-state index contributed by atoms with van der Waals surface area (Å²) in [4.78, 5) is 22.4. The molecule has 7 heteroatoms. The second-order valence-electron chi connectivity index (χ2n) is 4.16. The molecule has 1 aliphatic rings. The van der Waals surface area contributed by atoms with Gasteiger partial charge in [-0.25, -0.2) is 4.98 Å². The Morgan fingerprint density at radius 3 is 3.26 bits per heavy atom.